The lowest BCUT2D eigenvalue weighted by Crippen LogP contribution is -2.27. The van der Waals surface area contributed by atoms with Crippen molar-refractivity contribution in [1.29, 1.82) is 0 Å². The number of aryl methyl sites for hydroxylation is 1. The average molecular weight is 544 g/mol. The number of hydrogen-bond acceptors (Lipinski definition) is 7. The third kappa shape index (κ3) is 6.43. The fraction of sp³-hybridized carbons (Fsp3) is 0.233. The van der Waals surface area contributed by atoms with Gasteiger partial charge in [0.2, 0.25) is 5.88 Å². The largest absolute Gasteiger partial charge is 0.473 e. The van der Waals surface area contributed by atoms with Gasteiger partial charge in [0, 0.05) is 42.2 Å². The van der Waals surface area contributed by atoms with Crippen LogP contribution in [-0.4, -0.2) is 48.5 Å². The molecule has 0 unspecified atom stereocenters. The van der Waals surface area contributed by atoms with Crippen LogP contribution in [-0.2, 0) is 16.4 Å². The van der Waals surface area contributed by atoms with Crippen LogP contribution in [0.25, 0.3) is 11.4 Å². The fourth-order valence-electron chi connectivity index (χ4n) is 4.34. The summed E-state index contributed by atoms with van der Waals surface area (Å²) in [7, 11) is -3.33. The SMILES string of the molecule is Cc1cnc(-c2cc(Oc3ccc(S(C)(=O)=O)cc3)cc(C(=O)N3CCCC3)c2)nc1OCc1ccccc1. The highest BCUT2D eigenvalue weighted by atomic mass is 32.2. The van der Waals surface area contributed by atoms with Crippen molar-refractivity contribution in [3.63, 3.8) is 0 Å². The van der Waals surface area contributed by atoms with Gasteiger partial charge >= 0.3 is 0 Å². The van der Waals surface area contributed by atoms with E-state index >= 15 is 0 Å². The van der Waals surface area contributed by atoms with E-state index in [1.54, 1.807) is 36.5 Å². The van der Waals surface area contributed by atoms with E-state index in [4.69, 9.17) is 9.47 Å². The van der Waals surface area contributed by atoms with Crippen molar-refractivity contribution >= 4 is 15.7 Å². The Kier molecular flexibility index (Phi) is 7.60. The van der Waals surface area contributed by atoms with Crippen LogP contribution in [0.3, 0.4) is 0 Å². The van der Waals surface area contributed by atoms with Gasteiger partial charge < -0.3 is 14.4 Å². The molecule has 1 amide bonds. The monoisotopic (exact) mass is 543 g/mol. The molecule has 0 saturated carbocycles. The molecule has 9 heteroatoms. The second-order valence-corrected chi connectivity index (χ2v) is 11.6. The van der Waals surface area contributed by atoms with Crippen molar-refractivity contribution in [2.75, 3.05) is 19.3 Å². The second-order valence-electron chi connectivity index (χ2n) is 9.55. The molecule has 0 N–H and O–H groups in total. The van der Waals surface area contributed by atoms with E-state index in [1.807, 2.05) is 42.2 Å². The number of benzene rings is 3. The summed E-state index contributed by atoms with van der Waals surface area (Å²) in [6, 6.07) is 21.2. The maximum absolute atomic E-state index is 13.3. The van der Waals surface area contributed by atoms with Gasteiger partial charge in [-0.3, -0.25) is 4.79 Å². The molecule has 1 aliphatic rings. The smallest absolute Gasteiger partial charge is 0.254 e. The number of amides is 1. The molecule has 39 heavy (non-hydrogen) atoms. The van der Waals surface area contributed by atoms with E-state index < -0.39 is 9.84 Å². The molecule has 1 aliphatic heterocycles. The van der Waals surface area contributed by atoms with E-state index in [0.29, 0.717) is 54.0 Å². The van der Waals surface area contributed by atoms with Crippen molar-refractivity contribution in [2.45, 2.75) is 31.3 Å². The minimum Gasteiger partial charge on any atom is -0.473 e. The number of sulfone groups is 1. The Morgan fingerprint density at radius 3 is 2.36 bits per heavy atom. The van der Waals surface area contributed by atoms with Gasteiger partial charge in [-0.2, -0.15) is 4.98 Å². The minimum atomic E-state index is -3.33. The Balaban J connectivity index is 1.48. The Bertz CT molecular complexity index is 1580. The minimum absolute atomic E-state index is 0.0840. The first-order valence-corrected chi connectivity index (χ1v) is 14.6. The van der Waals surface area contributed by atoms with Gasteiger partial charge in [0.1, 0.15) is 18.1 Å². The van der Waals surface area contributed by atoms with Crippen molar-refractivity contribution in [2.24, 2.45) is 0 Å². The Morgan fingerprint density at radius 1 is 0.949 bits per heavy atom. The van der Waals surface area contributed by atoms with Crippen LogP contribution in [0.1, 0.15) is 34.3 Å². The lowest BCUT2D eigenvalue weighted by Gasteiger charge is -2.17. The van der Waals surface area contributed by atoms with Crippen LogP contribution in [0.5, 0.6) is 17.4 Å². The molecule has 0 spiro atoms. The third-order valence-corrected chi connectivity index (χ3v) is 7.56. The summed E-state index contributed by atoms with van der Waals surface area (Å²) in [5.74, 6) is 1.63. The van der Waals surface area contributed by atoms with Crippen molar-refractivity contribution in [3.8, 4) is 28.8 Å². The molecule has 0 atom stereocenters. The number of ether oxygens (including phenoxy) is 2. The summed E-state index contributed by atoms with van der Waals surface area (Å²) in [4.78, 5) is 24.5. The third-order valence-electron chi connectivity index (χ3n) is 6.44. The molecule has 5 rings (SSSR count). The van der Waals surface area contributed by atoms with Crippen LogP contribution in [0, 0.1) is 6.92 Å². The number of likely N-dealkylation sites (tertiary alicyclic amines) is 1. The first kappa shape index (κ1) is 26.4. The zero-order valence-corrected chi connectivity index (χ0v) is 22.6. The van der Waals surface area contributed by atoms with Crippen LogP contribution in [0.2, 0.25) is 0 Å². The van der Waals surface area contributed by atoms with Gasteiger partial charge in [-0.1, -0.05) is 30.3 Å². The maximum atomic E-state index is 13.3. The first-order valence-electron chi connectivity index (χ1n) is 12.7. The second kappa shape index (κ2) is 11.2. The molecule has 200 valence electrons. The number of nitrogens with zero attached hydrogens (tertiary/aromatic N) is 3. The van der Waals surface area contributed by atoms with Gasteiger partial charge in [-0.25, -0.2) is 13.4 Å². The van der Waals surface area contributed by atoms with E-state index in [0.717, 1.165) is 30.2 Å². The Hall–Kier alpha value is -4.24. The summed E-state index contributed by atoms with van der Waals surface area (Å²) in [5.41, 5.74) is 2.88. The molecule has 0 aliphatic carbocycles. The molecule has 1 saturated heterocycles. The highest BCUT2D eigenvalue weighted by molar-refractivity contribution is 7.90. The number of aromatic nitrogens is 2. The van der Waals surface area contributed by atoms with Crippen molar-refractivity contribution < 1.29 is 22.7 Å². The lowest BCUT2D eigenvalue weighted by atomic mass is 10.1. The molecular weight excluding hydrogens is 514 g/mol. The Morgan fingerprint density at radius 2 is 1.67 bits per heavy atom. The zero-order valence-electron chi connectivity index (χ0n) is 21.8. The number of carbonyl (C=O) groups excluding carboxylic acids is 1. The summed E-state index contributed by atoms with van der Waals surface area (Å²) in [6.45, 7) is 3.67. The molecular formula is C30H29N3O5S. The molecule has 1 aromatic heterocycles. The normalized spacial score (nSPS) is 13.3. The molecule has 1 fully saturated rings. The maximum Gasteiger partial charge on any atom is 0.254 e. The van der Waals surface area contributed by atoms with Gasteiger partial charge in [-0.15, -0.1) is 0 Å². The standard InChI is InChI=1S/C30H29N3O5S/c1-21-19-31-28(32-29(21)37-20-22-8-4-3-5-9-22)23-16-24(30(34)33-14-6-7-15-33)18-26(17-23)38-25-10-12-27(13-11-25)39(2,35)36/h3-5,8-13,16-19H,6-7,14-15,20H2,1-2H3. The summed E-state index contributed by atoms with van der Waals surface area (Å²) in [6.07, 6.45) is 4.80. The van der Waals surface area contributed by atoms with Crippen molar-refractivity contribution in [1.82, 2.24) is 14.9 Å². The highest BCUT2D eigenvalue weighted by Gasteiger charge is 2.22. The summed E-state index contributed by atoms with van der Waals surface area (Å²) in [5, 5.41) is 0. The fourth-order valence-corrected chi connectivity index (χ4v) is 4.97. The number of carbonyl (C=O) groups is 1. The van der Waals surface area contributed by atoms with E-state index in [-0.39, 0.29) is 10.8 Å². The molecule has 0 bridgehead atoms. The first-order chi connectivity index (χ1) is 18.8. The number of rotatable bonds is 8. The van der Waals surface area contributed by atoms with Crippen LogP contribution in [0.15, 0.2) is 83.9 Å². The average Bonchev–Trinajstić information content (AvgIpc) is 3.48. The van der Waals surface area contributed by atoms with Gasteiger partial charge in [0.15, 0.2) is 15.7 Å². The summed E-state index contributed by atoms with van der Waals surface area (Å²) >= 11 is 0. The van der Waals surface area contributed by atoms with Gasteiger partial charge in [0.05, 0.1) is 4.90 Å². The zero-order chi connectivity index (χ0) is 27.4. The quantitative estimate of drug-likeness (QED) is 0.291. The van der Waals surface area contributed by atoms with Crippen LogP contribution in [0.4, 0.5) is 0 Å². The van der Waals surface area contributed by atoms with Crippen molar-refractivity contribution in [3.05, 3.63) is 95.7 Å². The Labute approximate surface area is 228 Å². The topological polar surface area (TPSA) is 98.7 Å². The van der Waals surface area contributed by atoms with E-state index in [1.165, 1.54) is 12.1 Å². The van der Waals surface area contributed by atoms with Crippen LogP contribution < -0.4 is 9.47 Å². The molecule has 2 heterocycles. The molecule has 3 aromatic carbocycles. The van der Waals surface area contributed by atoms with Gasteiger partial charge in [0.25, 0.3) is 5.91 Å². The molecule has 8 nitrogen and oxygen atoms in total. The number of hydrogen-bond donors (Lipinski definition) is 0. The summed E-state index contributed by atoms with van der Waals surface area (Å²) < 4.78 is 35.7. The van der Waals surface area contributed by atoms with Gasteiger partial charge in [-0.05, 0) is 67.8 Å². The molecule has 0 radical (unpaired) electrons. The molecule has 4 aromatic rings. The van der Waals surface area contributed by atoms with E-state index in [9.17, 15) is 13.2 Å². The highest BCUT2D eigenvalue weighted by Crippen LogP contribution is 2.31. The predicted molar refractivity (Wildman–Crippen MR) is 148 cm³/mol. The lowest BCUT2D eigenvalue weighted by molar-refractivity contribution is 0.0792. The van der Waals surface area contributed by atoms with Crippen LogP contribution >= 0.6 is 0 Å². The van der Waals surface area contributed by atoms with E-state index in [2.05, 4.69) is 9.97 Å². The predicted octanol–water partition coefficient (Wildman–Crippen LogP) is 5.46.